The van der Waals surface area contributed by atoms with Gasteiger partial charge in [0, 0.05) is 11.0 Å². The average Bonchev–Trinajstić information content (AvgIpc) is 3.24. The Kier molecular flexibility index (Phi) is 5.46. The molecule has 11 heteroatoms. The fourth-order valence-electron chi connectivity index (χ4n) is 3.70. The maximum Gasteiger partial charge on any atom is 1.00 e. The Morgan fingerprint density at radius 3 is 2.96 bits per heavy atom. The minimum absolute atomic E-state index is 0. The standard InChI is InChI=1S/C16H16N4O5S.Na/c1-7(21)12-10-3-8(13(16(23)24)20(10)14(12)22)11-5-26-15-9(4-18-25-2)17-6-19(11)15;/h4-7,10,12,21H,3H2,1-2H3,(H,23,24);/q;+1/p-1/t7-,10-,12-;/m1./s1. The second kappa shape index (κ2) is 7.36. The summed E-state index contributed by atoms with van der Waals surface area (Å²) >= 11 is 1.38. The van der Waals surface area contributed by atoms with Gasteiger partial charge in [0.1, 0.15) is 24.0 Å². The molecule has 2 aromatic rings. The average molecular weight is 398 g/mol. The maximum absolute atomic E-state index is 12.3. The quantitative estimate of drug-likeness (QED) is 0.241. The molecule has 0 bridgehead atoms. The first-order valence-electron chi connectivity index (χ1n) is 7.92. The van der Waals surface area contributed by atoms with Gasteiger partial charge in [-0.3, -0.25) is 9.20 Å². The third-order valence-corrected chi connectivity index (χ3v) is 5.77. The predicted molar refractivity (Wildman–Crippen MR) is 90.0 cm³/mol. The largest absolute Gasteiger partial charge is 1.00 e. The molecule has 0 spiro atoms. The van der Waals surface area contributed by atoms with Crippen LogP contribution in [0.25, 0.3) is 10.4 Å². The van der Waals surface area contributed by atoms with E-state index in [4.69, 9.17) is 0 Å². The molecule has 1 N–H and O–H groups in total. The summed E-state index contributed by atoms with van der Waals surface area (Å²) in [5, 5.41) is 27.0. The molecule has 136 valence electrons. The number of fused-ring (bicyclic) bond motifs is 2. The number of nitrogens with zero attached hydrogens (tertiary/aromatic N) is 4. The molecule has 2 aromatic heterocycles. The number of thiazole rings is 1. The van der Waals surface area contributed by atoms with Crippen molar-refractivity contribution in [3.05, 3.63) is 28.8 Å². The van der Waals surface area contributed by atoms with Crippen LogP contribution in [-0.4, -0.2) is 56.7 Å². The summed E-state index contributed by atoms with van der Waals surface area (Å²) in [6, 6.07) is -0.363. The smallest absolute Gasteiger partial charge is 0.543 e. The van der Waals surface area contributed by atoms with Crippen LogP contribution in [0.3, 0.4) is 0 Å². The molecule has 0 aromatic carbocycles. The SMILES string of the molecule is CON=Cc1ncn2c(C3=C(C(=O)[O-])N4C(=O)[C@H]([C@@H](C)O)[C@H]4C3)csc12.[Na+]. The van der Waals surface area contributed by atoms with Gasteiger partial charge in [0.2, 0.25) is 5.91 Å². The minimum Gasteiger partial charge on any atom is -0.543 e. The van der Waals surface area contributed by atoms with Gasteiger partial charge in [-0.25, -0.2) is 4.98 Å². The Morgan fingerprint density at radius 1 is 1.59 bits per heavy atom. The number of hydrogen-bond acceptors (Lipinski definition) is 8. The van der Waals surface area contributed by atoms with Crippen molar-refractivity contribution in [1.29, 1.82) is 0 Å². The van der Waals surface area contributed by atoms with E-state index in [0.29, 0.717) is 23.4 Å². The Hall–Kier alpha value is -1.72. The van der Waals surface area contributed by atoms with Crippen LogP contribution in [0.1, 0.15) is 24.7 Å². The van der Waals surface area contributed by atoms with Gasteiger partial charge >= 0.3 is 29.6 Å². The van der Waals surface area contributed by atoms with Gasteiger partial charge in [0.15, 0.2) is 0 Å². The van der Waals surface area contributed by atoms with Crippen molar-refractivity contribution in [1.82, 2.24) is 14.3 Å². The van der Waals surface area contributed by atoms with Crippen molar-refractivity contribution in [3.8, 4) is 0 Å². The molecule has 4 heterocycles. The molecule has 1 saturated heterocycles. The van der Waals surface area contributed by atoms with Crippen molar-refractivity contribution in [3.63, 3.8) is 0 Å². The van der Waals surface area contributed by atoms with E-state index >= 15 is 0 Å². The second-order valence-corrected chi connectivity index (χ2v) is 7.06. The Balaban J connectivity index is 0.00000210. The van der Waals surface area contributed by atoms with E-state index in [9.17, 15) is 19.8 Å². The number of aromatic nitrogens is 2. The van der Waals surface area contributed by atoms with Crippen molar-refractivity contribution < 1.29 is 54.2 Å². The van der Waals surface area contributed by atoms with Gasteiger partial charge < -0.3 is 24.7 Å². The van der Waals surface area contributed by atoms with Gasteiger partial charge in [0.05, 0.1) is 41.6 Å². The number of aliphatic hydroxyl groups excluding tert-OH is 1. The normalized spacial score (nSPS) is 22.8. The molecular formula is C16H15N4NaO5S. The molecule has 0 aliphatic carbocycles. The molecule has 9 nitrogen and oxygen atoms in total. The number of oxime groups is 1. The van der Waals surface area contributed by atoms with Gasteiger partial charge in [0.25, 0.3) is 0 Å². The van der Waals surface area contributed by atoms with E-state index in [1.54, 1.807) is 10.7 Å². The maximum atomic E-state index is 12.3. The molecule has 2 aliphatic heterocycles. The summed E-state index contributed by atoms with van der Waals surface area (Å²) < 4.78 is 1.76. The molecule has 4 rings (SSSR count). The zero-order chi connectivity index (χ0) is 18.6. The van der Waals surface area contributed by atoms with Crippen LogP contribution in [0.2, 0.25) is 0 Å². The molecule has 2 aliphatic rings. The van der Waals surface area contributed by atoms with Gasteiger partial charge in [-0.05, 0) is 13.3 Å². The zero-order valence-corrected chi connectivity index (χ0v) is 17.8. The van der Waals surface area contributed by atoms with Crippen LogP contribution in [0.15, 0.2) is 22.6 Å². The van der Waals surface area contributed by atoms with Gasteiger partial charge in [-0.1, -0.05) is 5.16 Å². The molecule has 0 saturated carbocycles. The number of rotatable bonds is 5. The van der Waals surface area contributed by atoms with Gasteiger partial charge in [-0.15, -0.1) is 11.3 Å². The molecule has 1 fully saturated rings. The Labute approximate surface area is 180 Å². The number of carbonyl (C=O) groups is 2. The van der Waals surface area contributed by atoms with Gasteiger partial charge in [-0.2, -0.15) is 0 Å². The van der Waals surface area contributed by atoms with Crippen LogP contribution in [0.5, 0.6) is 0 Å². The summed E-state index contributed by atoms with van der Waals surface area (Å²) in [6.45, 7) is 1.54. The molecular weight excluding hydrogens is 383 g/mol. The van der Waals surface area contributed by atoms with E-state index < -0.39 is 18.0 Å². The van der Waals surface area contributed by atoms with Crippen molar-refractivity contribution in [2.24, 2.45) is 11.1 Å². The number of hydrogen-bond donors (Lipinski definition) is 1. The first kappa shape index (κ1) is 20.0. The van der Waals surface area contributed by atoms with Crippen LogP contribution < -0.4 is 34.7 Å². The zero-order valence-electron chi connectivity index (χ0n) is 14.9. The van der Waals surface area contributed by atoms with Crippen LogP contribution in [0.4, 0.5) is 0 Å². The summed E-state index contributed by atoms with van der Waals surface area (Å²) in [5.41, 5.74) is 1.61. The third-order valence-electron chi connectivity index (χ3n) is 4.80. The fourth-order valence-corrected chi connectivity index (χ4v) is 4.67. The number of amides is 1. The number of β-lactam (4-membered cyclic amide) rings is 1. The van der Waals surface area contributed by atoms with E-state index in [-0.39, 0.29) is 47.2 Å². The monoisotopic (exact) mass is 398 g/mol. The summed E-state index contributed by atoms with van der Waals surface area (Å²) in [4.78, 5) is 34.9. The predicted octanol–water partition coefficient (Wildman–Crippen LogP) is -3.55. The van der Waals surface area contributed by atoms with Crippen LogP contribution >= 0.6 is 11.3 Å². The topological polar surface area (TPSA) is 120 Å². The van der Waals surface area contributed by atoms with Crippen molar-refractivity contribution >= 4 is 39.8 Å². The summed E-state index contributed by atoms with van der Waals surface area (Å²) in [7, 11) is 1.43. The summed E-state index contributed by atoms with van der Waals surface area (Å²) in [6.07, 6.45) is 2.55. The molecule has 0 radical (unpaired) electrons. The van der Waals surface area contributed by atoms with E-state index in [1.807, 2.05) is 5.38 Å². The number of aliphatic hydroxyl groups is 1. The van der Waals surface area contributed by atoms with E-state index in [1.165, 1.54) is 36.5 Å². The first-order valence-corrected chi connectivity index (χ1v) is 8.80. The van der Waals surface area contributed by atoms with E-state index in [0.717, 1.165) is 4.83 Å². The molecule has 3 atom stereocenters. The Morgan fingerprint density at radius 2 is 2.33 bits per heavy atom. The minimum atomic E-state index is -1.40. The Bertz CT molecular complexity index is 979. The summed E-state index contributed by atoms with van der Waals surface area (Å²) in [5.74, 6) is -2.38. The number of aliphatic carboxylic acids is 1. The third kappa shape index (κ3) is 2.92. The van der Waals surface area contributed by atoms with Crippen molar-refractivity contribution in [2.45, 2.75) is 25.5 Å². The number of imidazole rings is 1. The number of carboxylic acid groups (broad SMARTS) is 1. The fraction of sp³-hybridized carbons (Fsp3) is 0.375. The second-order valence-electron chi connectivity index (χ2n) is 6.20. The number of carboxylic acids is 1. The number of carbonyl (C=O) groups excluding carboxylic acids is 2. The van der Waals surface area contributed by atoms with Crippen LogP contribution in [0, 0.1) is 5.92 Å². The molecule has 0 unspecified atom stereocenters. The molecule has 1 amide bonds. The first-order chi connectivity index (χ1) is 12.5. The van der Waals surface area contributed by atoms with Crippen molar-refractivity contribution in [2.75, 3.05) is 7.11 Å². The van der Waals surface area contributed by atoms with E-state index in [2.05, 4.69) is 15.0 Å². The van der Waals surface area contributed by atoms with Crippen LogP contribution in [-0.2, 0) is 14.4 Å². The molecule has 27 heavy (non-hydrogen) atoms.